The quantitative estimate of drug-likeness (QED) is 0.678. The van der Waals surface area contributed by atoms with E-state index in [1.807, 2.05) is 18.2 Å². The van der Waals surface area contributed by atoms with Crippen molar-refractivity contribution >= 4 is 34.0 Å². The van der Waals surface area contributed by atoms with Gasteiger partial charge in [0, 0.05) is 22.7 Å². The summed E-state index contributed by atoms with van der Waals surface area (Å²) in [4.78, 5) is 28.9. The van der Waals surface area contributed by atoms with Gasteiger partial charge in [-0.05, 0) is 24.3 Å². The predicted octanol–water partition coefficient (Wildman–Crippen LogP) is 3.66. The molecule has 0 saturated carbocycles. The first-order valence-electron chi connectivity index (χ1n) is 7.95. The number of para-hydroxylation sites is 1. The minimum Gasteiger partial charge on any atom is -0.497 e. The average molecular weight is 383 g/mol. The van der Waals surface area contributed by atoms with E-state index >= 15 is 0 Å². The van der Waals surface area contributed by atoms with Crippen LogP contribution in [0.25, 0.3) is 0 Å². The smallest absolute Gasteiger partial charge is 0.275 e. The normalized spacial score (nSPS) is 10.1. The van der Waals surface area contributed by atoms with Crippen LogP contribution >= 0.6 is 11.3 Å². The number of hydrogen-bond donors (Lipinski definition) is 2. The first-order chi connectivity index (χ1) is 13.1. The molecule has 7 nitrogen and oxygen atoms in total. The SMILES string of the molecule is COc1cc(OC)cc(C(=O)Nc2nc(C(=O)Nc3ccccc3)cs2)c1. The monoisotopic (exact) mass is 383 g/mol. The van der Waals surface area contributed by atoms with Crippen molar-refractivity contribution in [3.05, 3.63) is 65.2 Å². The van der Waals surface area contributed by atoms with Crippen molar-refractivity contribution in [1.29, 1.82) is 0 Å². The first kappa shape index (κ1) is 18.4. The fourth-order valence-corrected chi connectivity index (χ4v) is 2.95. The molecule has 138 valence electrons. The zero-order valence-electron chi connectivity index (χ0n) is 14.7. The van der Waals surface area contributed by atoms with Crippen molar-refractivity contribution in [1.82, 2.24) is 4.98 Å². The number of aromatic nitrogens is 1. The molecule has 1 aromatic heterocycles. The number of anilines is 2. The molecule has 0 spiro atoms. The third kappa shape index (κ3) is 4.62. The number of benzene rings is 2. The van der Waals surface area contributed by atoms with Crippen LogP contribution in [0.5, 0.6) is 11.5 Å². The van der Waals surface area contributed by atoms with E-state index in [0.717, 1.165) is 11.3 Å². The summed E-state index contributed by atoms with van der Waals surface area (Å²) in [5.74, 6) is 0.278. The molecular weight excluding hydrogens is 366 g/mol. The van der Waals surface area contributed by atoms with Crippen LogP contribution in [-0.2, 0) is 0 Å². The molecule has 0 aliphatic heterocycles. The Balaban J connectivity index is 1.70. The molecule has 0 aliphatic carbocycles. The third-order valence-electron chi connectivity index (χ3n) is 3.60. The van der Waals surface area contributed by atoms with Crippen molar-refractivity contribution in [2.24, 2.45) is 0 Å². The molecule has 0 unspecified atom stereocenters. The van der Waals surface area contributed by atoms with E-state index in [1.165, 1.54) is 14.2 Å². The molecule has 0 fully saturated rings. The average Bonchev–Trinajstić information content (AvgIpc) is 3.17. The number of thiazole rings is 1. The van der Waals surface area contributed by atoms with Crippen molar-refractivity contribution in [2.45, 2.75) is 0 Å². The summed E-state index contributed by atoms with van der Waals surface area (Å²) in [5, 5.41) is 7.33. The predicted molar refractivity (Wildman–Crippen MR) is 104 cm³/mol. The minimum atomic E-state index is -0.378. The van der Waals surface area contributed by atoms with Gasteiger partial charge in [0.05, 0.1) is 14.2 Å². The highest BCUT2D eigenvalue weighted by Crippen LogP contribution is 2.24. The number of methoxy groups -OCH3 is 2. The van der Waals surface area contributed by atoms with Crippen molar-refractivity contribution < 1.29 is 19.1 Å². The summed E-state index contributed by atoms with van der Waals surface area (Å²) in [7, 11) is 3.02. The molecule has 2 N–H and O–H groups in total. The summed E-state index contributed by atoms with van der Waals surface area (Å²) in [6.45, 7) is 0. The van der Waals surface area contributed by atoms with Gasteiger partial charge in [0.1, 0.15) is 17.2 Å². The van der Waals surface area contributed by atoms with Crippen LogP contribution in [-0.4, -0.2) is 31.0 Å². The van der Waals surface area contributed by atoms with Crippen molar-refractivity contribution in [3.8, 4) is 11.5 Å². The second kappa shape index (κ2) is 8.33. The number of nitrogens with one attached hydrogen (secondary N) is 2. The summed E-state index contributed by atoms with van der Waals surface area (Å²) >= 11 is 1.16. The number of rotatable bonds is 6. The van der Waals surface area contributed by atoms with E-state index in [1.54, 1.807) is 35.7 Å². The Hall–Kier alpha value is -3.39. The molecular formula is C19H17N3O4S. The Kier molecular flexibility index (Phi) is 5.68. The molecule has 0 bridgehead atoms. The number of carbonyl (C=O) groups excluding carboxylic acids is 2. The van der Waals surface area contributed by atoms with Gasteiger partial charge in [0.15, 0.2) is 5.13 Å². The Morgan fingerprint density at radius 1 is 0.926 bits per heavy atom. The zero-order valence-corrected chi connectivity index (χ0v) is 15.5. The zero-order chi connectivity index (χ0) is 19.2. The van der Waals surface area contributed by atoms with E-state index in [-0.39, 0.29) is 17.5 Å². The maximum absolute atomic E-state index is 12.5. The lowest BCUT2D eigenvalue weighted by Crippen LogP contribution is -2.14. The Labute approximate surface area is 160 Å². The maximum Gasteiger partial charge on any atom is 0.275 e. The Morgan fingerprint density at radius 2 is 1.59 bits per heavy atom. The van der Waals surface area contributed by atoms with Crippen LogP contribution in [0.3, 0.4) is 0 Å². The van der Waals surface area contributed by atoms with Crippen molar-refractivity contribution in [3.63, 3.8) is 0 Å². The van der Waals surface area contributed by atoms with Gasteiger partial charge in [-0.3, -0.25) is 14.9 Å². The van der Waals surface area contributed by atoms with Gasteiger partial charge in [-0.2, -0.15) is 0 Å². The van der Waals surface area contributed by atoms with Crippen LogP contribution in [0.2, 0.25) is 0 Å². The highest BCUT2D eigenvalue weighted by molar-refractivity contribution is 7.14. The Bertz CT molecular complexity index is 934. The van der Waals surface area contributed by atoms with Crippen molar-refractivity contribution in [2.75, 3.05) is 24.9 Å². The van der Waals surface area contributed by atoms with Crippen LogP contribution < -0.4 is 20.1 Å². The lowest BCUT2D eigenvalue weighted by Gasteiger charge is -2.08. The molecule has 0 saturated heterocycles. The molecule has 2 aromatic carbocycles. The molecule has 27 heavy (non-hydrogen) atoms. The van der Waals surface area contributed by atoms with Gasteiger partial charge < -0.3 is 14.8 Å². The summed E-state index contributed by atoms with van der Waals surface area (Å²) in [6, 6.07) is 13.9. The van der Waals surface area contributed by atoms with Crippen LogP contribution in [0.1, 0.15) is 20.8 Å². The molecule has 0 aliphatic rings. The fraction of sp³-hybridized carbons (Fsp3) is 0.105. The molecule has 3 aromatic rings. The number of nitrogens with zero attached hydrogens (tertiary/aromatic N) is 1. The second-order valence-corrected chi connectivity index (χ2v) is 6.27. The number of carbonyl (C=O) groups is 2. The maximum atomic E-state index is 12.5. The number of hydrogen-bond acceptors (Lipinski definition) is 6. The van der Waals surface area contributed by atoms with E-state index < -0.39 is 0 Å². The van der Waals surface area contributed by atoms with Gasteiger partial charge >= 0.3 is 0 Å². The Morgan fingerprint density at radius 3 is 2.22 bits per heavy atom. The lowest BCUT2D eigenvalue weighted by atomic mass is 10.2. The number of ether oxygens (including phenoxy) is 2. The standard InChI is InChI=1S/C19H17N3O4S/c1-25-14-8-12(9-15(10-14)26-2)17(23)22-19-21-16(11-27-19)18(24)20-13-6-4-3-5-7-13/h3-11H,1-2H3,(H,20,24)(H,21,22,23). The van der Waals surface area contributed by atoms with E-state index in [4.69, 9.17) is 9.47 Å². The van der Waals surface area contributed by atoms with Gasteiger partial charge in [0.2, 0.25) is 0 Å². The molecule has 8 heteroatoms. The van der Waals surface area contributed by atoms with E-state index in [2.05, 4.69) is 15.6 Å². The van der Waals surface area contributed by atoms with Crippen LogP contribution in [0, 0.1) is 0 Å². The fourth-order valence-electron chi connectivity index (χ4n) is 2.26. The first-order valence-corrected chi connectivity index (χ1v) is 8.83. The van der Waals surface area contributed by atoms with E-state index in [0.29, 0.717) is 27.9 Å². The largest absolute Gasteiger partial charge is 0.497 e. The second-order valence-electron chi connectivity index (χ2n) is 5.41. The van der Waals surface area contributed by atoms with Gasteiger partial charge in [-0.25, -0.2) is 4.98 Å². The minimum absolute atomic E-state index is 0.224. The molecule has 2 amide bonds. The summed E-state index contributed by atoms with van der Waals surface area (Å²) in [6.07, 6.45) is 0. The van der Waals surface area contributed by atoms with Gasteiger partial charge in [-0.1, -0.05) is 18.2 Å². The topological polar surface area (TPSA) is 89.6 Å². The van der Waals surface area contributed by atoms with Gasteiger partial charge in [-0.15, -0.1) is 11.3 Å². The molecule has 0 radical (unpaired) electrons. The summed E-state index contributed by atoms with van der Waals surface area (Å²) in [5.41, 5.74) is 1.25. The third-order valence-corrected chi connectivity index (χ3v) is 4.36. The highest BCUT2D eigenvalue weighted by Gasteiger charge is 2.15. The lowest BCUT2D eigenvalue weighted by molar-refractivity contribution is 0.101. The highest BCUT2D eigenvalue weighted by atomic mass is 32.1. The molecule has 3 rings (SSSR count). The van der Waals surface area contributed by atoms with Crippen LogP contribution in [0.15, 0.2) is 53.9 Å². The molecule has 1 heterocycles. The van der Waals surface area contributed by atoms with Gasteiger partial charge in [0.25, 0.3) is 11.8 Å². The summed E-state index contributed by atoms with van der Waals surface area (Å²) < 4.78 is 10.3. The number of amides is 2. The van der Waals surface area contributed by atoms with E-state index in [9.17, 15) is 9.59 Å². The van der Waals surface area contributed by atoms with Crippen LogP contribution in [0.4, 0.5) is 10.8 Å². The molecule has 0 atom stereocenters.